The van der Waals surface area contributed by atoms with E-state index in [1.54, 1.807) is 6.21 Å². The Morgan fingerprint density at radius 3 is 2.30 bits per heavy atom. The average molecular weight is 462 g/mol. The Morgan fingerprint density at radius 1 is 0.848 bits per heavy atom. The first kappa shape index (κ1) is 22.4. The Labute approximate surface area is 196 Å². The summed E-state index contributed by atoms with van der Waals surface area (Å²) in [5.74, 6) is 2.58. The molecule has 1 aliphatic heterocycles. The molecule has 0 atom stereocenters. The number of ether oxygens (including phenoxy) is 3. The van der Waals surface area contributed by atoms with Gasteiger partial charge in [0.15, 0.2) is 5.17 Å². The standard InChI is InChI=1S/C25H23N3O4S/c29-24-18-33-25(27-24)28-26-16-20-7-4-8-23(15-20)31-14-13-30-21-9-11-22(12-10-21)32-17-19-5-2-1-3-6-19/h1-12,15-16H,13-14,17-18H2,(H,27,28,29). The van der Waals surface area contributed by atoms with Gasteiger partial charge in [0.05, 0.1) is 12.0 Å². The smallest absolute Gasteiger partial charge is 0.236 e. The van der Waals surface area contributed by atoms with E-state index in [1.165, 1.54) is 11.8 Å². The van der Waals surface area contributed by atoms with Crippen molar-refractivity contribution in [3.05, 3.63) is 90.0 Å². The van der Waals surface area contributed by atoms with Crippen LogP contribution in [0.5, 0.6) is 17.2 Å². The zero-order valence-corrected chi connectivity index (χ0v) is 18.7. The second-order valence-corrected chi connectivity index (χ2v) is 7.97. The van der Waals surface area contributed by atoms with Gasteiger partial charge < -0.3 is 19.5 Å². The molecular formula is C25H23N3O4S. The number of hydrogen-bond acceptors (Lipinski definition) is 7. The fourth-order valence-corrected chi connectivity index (χ4v) is 3.53. The molecule has 0 bridgehead atoms. The summed E-state index contributed by atoms with van der Waals surface area (Å²) in [6, 6.07) is 25.1. The van der Waals surface area contributed by atoms with Crippen molar-refractivity contribution in [3.8, 4) is 17.2 Å². The normalized spacial score (nSPS) is 14.4. The Bertz CT molecular complexity index is 1120. The van der Waals surface area contributed by atoms with Crippen molar-refractivity contribution >= 4 is 29.1 Å². The molecule has 0 aromatic heterocycles. The molecule has 0 spiro atoms. The van der Waals surface area contributed by atoms with Crippen LogP contribution < -0.4 is 19.5 Å². The number of thioether (sulfide) groups is 1. The average Bonchev–Trinajstić information content (AvgIpc) is 3.27. The van der Waals surface area contributed by atoms with E-state index in [0.717, 1.165) is 22.6 Å². The maximum absolute atomic E-state index is 11.1. The summed E-state index contributed by atoms with van der Waals surface area (Å²) in [5, 5.41) is 11.1. The highest BCUT2D eigenvalue weighted by atomic mass is 32.2. The summed E-state index contributed by atoms with van der Waals surface area (Å²) in [4.78, 5) is 11.1. The maximum Gasteiger partial charge on any atom is 0.236 e. The van der Waals surface area contributed by atoms with Gasteiger partial charge in [0.2, 0.25) is 5.91 Å². The van der Waals surface area contributed by atoms with Gasteiger partial charge in [-0.1, -0.05) is 54.2 Å². The number of amides is 1. The van der Waals surface area contributed by atoms with Crippen LogP contribution in [0.3, 0.4) is 0 Å². The van der Waals surface area contributed by atoms with E-state index in [9.17, 15) is 4.79 Å². The SMILES string of the molecule is O=C1CSC(=NN=Cc2cccc(OCCOc3ccc(OCc4ccccc4)cc3)c2)N1. The van der Waals surface area contributed by atoms with Gasteiger partial charge in [-0.15, -0.1) is 5.10 Å². The van der Waals surface area contributed by atoms with Gasteiger partial charge in [-0.3, -0.25) is 4.79 Å². The molecule has 1 heterocycles. The van der Waals surface area contributed by atoms with Gasteiger partial charge in [-0.2, -0.15) is 5.10 Å². The van der Waals surface area contributed by atoms with Crippen LogP contribution in [0.2, 0.25) is 0 Å². The zero-order valence-electron chi connectivity index (χ0n) is 17.8. The van der Waals surface area contributed by atoms with E-state index >= 15 is 0 Å². The second kappa shape index (κ2) is 11.7. The molecule has 0 radical (unpaired) electrons. The van der Waals surface area contributed by atoms with E-state index in [0.29, 0.717) is 36.5 Å². The molecule has 1 fully saturated rings. The summed E-state index contributed by atoms with van der Waals surface area (Å²) in [7, 11) is 0. The molecule has 1 aliphatic rings. The Kier molecular flexibility index (Phi) is 7.97. The molecule has 0 saturated carbocycles. The molecular weight excluding hydrogens is 438 g/mol. The van der Waals surface area contributed by atoms with E-state index in [2.05, 4.69) is 15.5 Å². The molecule has 0 unspecified atom stereocenters. The van der Waals surface area contributed by atoms with Gasteiger partial charge in [0, 0.05) is 0 Å². The quantitative estimate of drug-likeness (QED) is 0.277. The van der Waals surface area contributed by atoms with E-state index in [4.69, 9.17) is 14.2 Å². The number of nitrogens with zero attached hydrogens (tertiary/aromatic N) is 2. The number of benzene rings is 3. The van der Waals surface area contributed by atoms with Crippen molar-refractivity contribution in [2.75, 3.05) is 19.0 Å². The molecule has 4 rings (SSSR count). The lowest BCUT2D eigenvalue weighted by Crippen LogP contribution is -2.19. The van der Waals surface area contributed by atoms with E-state index in [1.807, 2.05) is 78.9 Å². The third-order valence-corrected chi connectivity index (χ3v) is 5.36. The highest BCUT2D eigenvalue weighted by Gasteiger charge is 2.15. The highest BCUT2D eigenvalue weighted by Crippen LogP contribution is 2.19. The molecule has 33 heavy (non-hydrogen) atoms. The lowest BCUT2D eigenvalue weighted by molar-refractivity contribution is -0.116. The largest absolute Gasteiger partial charge is 0.490 e. The van der Waals surface area contributed by atoms with E-state index < -0.39 is 0 Å². The van der Waals surface area contributed by atoms with Crippen LogP contribution in [0.25, 0.3) is 0 Å². The van der Waals surface area contributed by atoms with Crippen LogP contribution in [-0.2, 0) is 11.4 Å². The Hall–Kier alpha value is -3.78. The first-order valence-corrected chi connectivity index (χ1v) is 11.4. The van der Waals surface area contributed by atoms with Crippen LogP contribution in [-0.4, -0.2) is 36.3 Å². The zero-order chi connectivity index (χ0) is 22.7. The molecule has 3 aromatic carbocycles. The first-order chi connectivity index (χ1) is 16.2. The third-order valence-electron chi connectivity index (χ3n) is 4.49. The summed E-state index contributed by atoms with van der Waals surface area (Å²) in [5.41, 5.74) is 1.97. The summed E-state index contributed by atoms with van der Waals surface area (Å²) < 4.78 is 17.3. The fraction of sp³-hybridized carbons (Fsp3) is 0.160. The highest BCUT2D eigenvalue weighted by molar-refractivity contribution is 8.15. The van der Waals surface area contributed by atoms with Crippen molar-refractivity contribution in [1.29, 1.82) is 0 Å². The van der Waals surface area contributed by atoms with Crippen LogP contribution in [0.1, 0.15) is 11.1 Å². The van der Waals surface area contributed by atoms with Crippen molar-refractivity contribution in [2.24, 2.45) is 10.2 Å². The lowest BCUT2D eigenvalue weighted by atomic mass is 10.2. The number of nitrogens with one attached hydrogen (secondary N) is 1. The lowest BCUT2D eigenvalue weighted by Gasteiger charge is -2.10. The topological polar surface area (TPSA) is 81.5 Å². The van der Waals surface area contributed by atoms with Gasteiger partial charge >= 0.3 is 0 Å². The number of rotatable bonds is 10. The minimum Gasteiger partial charge on any atom is -0.490 e. The molecule has 3 aromatic rings. The maximum atomic E-state index is 11.1. The molecule has 0 aliphatic carbocycles. The van der Waals surface area contributed by atoms with Crippen LogP contribution in [0.4, 0.5) is 0 Å². The van der Waals surface area contributed by atoms with Crippen molar-refractivity contribution in [3.63, 3.8) is 0 Å². The number of carbonyl (C=O) groups is 1. The Balaban J connectivity index is 1.18. The number of carbonyl (C=O) groups excluding carboxylic acids is 1. The van der Waals surface area contributed by atoms with Gasteiger partial charge in [0.25, 0.3) is 0 Å². The van der Waals surface area contributed by atoms with E-state index in [-0.39, 0.29) is 5.91 Å². The van der Waals surface area contributed by atoms with Crippen LogP contribution in [0.15, 0.2) is 89.1 Å². The first-order valence-electron chi connectivity index (χ1n) is 10.4. The van der Waals surface area contributed by atoms with Crippen LogP contribution >= 0.6 is 11.8 Å². The minimum absolute atomic E-state index is 0.0566. The minimum atomic E-state index is -0.0566. The predicted molar refractivity (Wildman–Crippen MR) is 130 cm³/mol. The molecule has 168 valence electrons. The molecule has 1 N–H and O–H groups in total. The van der Waals surface area contributed by atoms with Gasteiger partial charge in [0.1, 0.15) is 37.1 Å². The number of hydrogen-bond donors (Lipinski definition) is 1. The Morgan fingerprint density at radius 2 is 1.58 bits per heavy atom. The third kappa shape index (κ3) is 7.40. The molecule has 1 amide bonds. The fourth-order valence-electron chi connectivity index (χ4n) is 2.90. The summed E-state index contributed by atoms with van der Waals surface area (Å²) in [6.07, 6.45) is 1.61. The van der Waals surface area contributed by atoms with Crippen molar-refractivity contribution < 1.29 is 19.0 Å². The molecule has 1 saturated heterocycles. The van der Waals surface area contributed by atoms with Crippen molar-refractivity contribution in [2.45, 2.75) is 6.61 Å². The van der Waals surface area contributed by atoms with Gasteiger partial charge in [-0.25, -0.2) is 0 Å². The second-order valence-electron chi connectivity index (χ2n) is 7.00. The monoisotopic (exact) mass is 461 g/mol. The number of amidine groups is 1. The van der Waals surface area contributed by atoms with Gasteiger partial charge in [-0.05, 0) is 47.5 Å². The predicted octanol–water partition coefficient (Wildman–Crippen LogP) is 4.28. The van der Waals surface area contributed by atoms with Crippen LogP contribution in [0, 0.1) is 0 Å². The van der Waals surface area contributed by atoms with Crippen molar-refractivity contribution in [1.82, 2.24) is 5.32 Å². The molecule has 7 nitrogen and oxygen atoms in total. The molecule has 8 heteroatoms. The summed E-state index contributed by atoms with van der Waals surface area (Å²) >= 11 is 1.33. The summed E-state index contributed by atoms with van der Waals surface area (Å²) in [6.45, 7) is 1.34.